The normalized spacial score (nSPS) is 47.1. The molecule has 92 valence electrons. The van der Waals surface area contributed by atoms with E-state index in [0.717, 1.165) is 24.5 Å². The van der Waals surface area contributed by atoms with Crippen LogP contribution in [-0.4, -0.2) is 30.0 Å². The van der Waals surface area contributed by atoms with Crippen LogP contribution in [0.3, 0.4) is 0 Å². The van der Waals surface area contributed by atoms with Crippen molar-refractivity contribution in [3.8, 4) is 0 Å². The molecule has 0 aromatic carbocycles. The van der Waals surface area contributed by atoms with Gasteiger partial charge in [-0.25, -0.2) is 4.67 Å². The zero-order chi connectivity index (χ0) is 11.1. The molecule has 2 saturated heterocycles. The molecule has 2 bridgehead atoms. The standard InChI is InChI=1S/C12H22NO2P/c1-9(2)15-16-13-7-10(8-14-16)11-5-3-4-6-12(11)13/h9-12H,3-8H2,1-2H3/t10-,11?,12-,16?/m1/s1. The number of hydrogen-bond acceptors (Lipinski definition) is 3. The van der Waals surface area contributed by atoms with Gasteiger partial charge in [-0.05, 0) is 32.6 Å². The Bertz CT molecular complexity index is 261. The highest BCUT2D eigenvalue weighted by Crippen LogP contribution is 2.58. The van der Waals surface area contributed by atoms with Gasteiger partial charge in [0.25, 0.3) is 8.53 Å². The fourth-order valence-electron chi connectivity index (χ4n) is 3.44. The molecule has 0 N–H and O–H groups in total. The molecule has 2 heterocycles. The van der Waals surface area contributed by atoms with E-state index in [1.807, 2.05) is 0 Å². The molecule has 0 radical (unpaired) electrons. The van der Waals surface area contributed by atoms with Gasteiger partial charge in [0.2, 0.25) is 0 Å². The van der Waals surface area contributed by atoms with Crippen LogP contribution < -0.4 is 0 Å². The minimum atomic E-state index is -0.743. The van der Waals surface area contributed by atoms with Crippen LogP contribution in [0, 0.1) is 11.8 Å². The second-order valence-corrected chi connectivity index (χ2v) is 7.04. The quantitative estimate of drug-likeness (QED) is 0.695. The summed E-state index contributed by atoms with van der Waals surface area (Å²) in [7, 11) is -0.743. The van der Waals surface area contributed by atoms with Gasteiger partial charge in [-0.3, -0.25) is 0 Å². The summed E-state index contributed by atoms with van der Waals surface area (Å²) in [6.07, 6.45) is 5.89. The van der Waals surface area contributed by atoms with Gasteiger partial charge in [-0.2, -0.15) is 0 Å². The number of fused-ring (bicyclic) bond motifs is 5. The first-order valence-corrected chi connectivity index (χ1v) is 7.75. The van der Waals surface area contributed by atoms with Crippen molar-refractivity contribution in [3.63, 3.8) is 0 Å². The Morgan fingerprint density at radius 3 is 2.94 bits per heavy atom. The average Bonchev–Trinajstić information content (AvgIpc) is 2.58. The second kappa shape index (κ2) is 4.53. The molecule has 0 spiro atoms. The molecule has 3 fully saturated rings. The van der Waals surface area contributed by atoms with Crippen molar-refractivity contribution in [1.29, 1.82) is 0 Å². The van der Waals surface area contributed by atoms with E-state index in [0.29, 0.717) is 0 Å². The minimum Gasteiger partial charge on any atom is -0.322 e. The number of rotatable bonds is 2. The van der Waals surface area contributed by atoms with Crippen molar-refractivity contribution in [2.24, 2.45) is 11.8 Å². The third-order valence-corrected chi connectivity index (χ3v) is 5.95. The lowest BCUT2D eigenvalue weighted by Crippen LogP contribution is -2.32. The van der Waals surface area contributed by atoms with Gasteiger partial charge >= 0.3 is 0 Å². The Balaban J connectivity index is 1.73. The van der Waals surface area contributed by atoms with E-state index < -0.39 is 8.53 Å². The van der Waals surface area contributed by atoms with Crippen molar-refractivity contribution < 1.29 is 9.05 Å². The highest BCUT2D eigenvalue weighted by molar-refractivity contribution is 7.44. The molecule has 4 heteroatoms. The lowest BCUT2D eigenvalue weighted by molar-refractivity contribution is 0.135. The molecular formula is C12H22NO2P. The lowest BCUT2D eigenvalue weighted by atomic mass is 9.80. The van der Waals surface area contributed by atoms with E-state index in [4.69, 9.17) is 9.05 Å². The topological polar surface area (TPSA) is 21.7 Å². The lowest BCUT2D eigenvalue weighted by Gasteiger charge is -2.35. The van der Waals surface area contributed by atoms with Crippen molar-refractivity contribution >= 4 is 8.53 Å². The summed E-state index contributed by atoms with van der Waals surface area (Å²) >= 11 is 0. The minimum absolute atomic E-state index is 0.283. The maximum Gasteiger partial charge on any atom is 0.259 e. The maximum absolute atomic E-state index is 5.94. The molecule has 16 heavy (non-hydrogen) atoms. The summed E-state index contributed by atoms with van der Waals surface area (Å²) in [5.74, 6) is 1.69. The van der Waals surface area contributed by atoms with Crippen molar-refractivity contribution in [1.82, 2.24) is 4.67 Å². The van der Waals surface area contributed by atoms with Gasteiger partial charge in [0.1, 0.15) is 0 Å². The van der Waals surface area contributed by atoms with Crippen molar-refractivity contribution in [3.05, 3.63) is 0 Å². The van der Waals surface area contributed by atoms with Gasteiger partial charge < -0.3 is 9.05 Å². The van der Waals surface area contributed by atoms with Crippen LogP contribution in [0.4, 0.5) is 0 Å². The molecule has 3 unspecified atom stereocenters. The van der Waals surface area contributed by atoms with Crippen LogP contribution >= 0.6 is 8.53 Å². The van der Waals surface area contributed by atoms with E-state index in [-0.39, 0.29) is 6.10 Å². The van der Waals surface area contributed by atoms with E-state index >= 15 is 0 Å². The molecule has 3 nitrogen and oxygen atoms in total. The summed E-state index contributed by atoms with van der Waals surface area (Å²) in [6.45, 7) is 6.38. The first kappa shape index (κ1) is 11.4. The molecule has 1 saturated carbocycles. The molecule has 5 atom stereocenters. The zero-order valence-electron chi connectivity index (χ0n) is 10.3. The third-order valence-electron chi connectivity index (χ3n) is 4.10. The maximum atomic E-state index is 5.94. The number of hydrogen-bond donors (Lipinski definition) is 0. The predicted octanol–water partition coefficient (Wildman–Crippen LogP) is 3.16. The van der Waals surface area contributed by atoms with Crippen LogP contribution in [0.25, 0.3) is 0 Å². The summed E-state index contributed by atoms with van der Waals surface area (Å²) in [5.41, 5.74) is 0. The molecule has 3 aliphatic rings. The Morgan fingerprint density at radius 1 is 1.31 bits per heavy atom. The van der Waals surface area contributed by atoms with Crippen LogP contribution in [0.15, 0.2) is 0 Å². The molecule has 0 amide bonds. The first-order valence-electron chi connectivity index (χ1n) is 6.62. The van der Waals surface area contributed by atoms with Crippen LogP contribution in [0.1, 0.15) is 39.5 Å². The number of nitrogens with zero attached hydrogens (tertiary/aromatic N) is 1. The highest BCUT2D eigenvalue weighted by Gasteiger charge is 2.50. The van der Waals surface area contributed by atoms with Gasteiger partial charge in [0.05, 0.1) is 12.7 Å². The van der Waals surface area contributed by atoms with E-state index in [1.165, 1.54) is 32.2 Å². The van der Waals surface area contributed by atoms with Gasteiger partial charge in [-0.1, -0.05) is 12.8 Å². The zero-order valence-corrected chi connectivity index (χ0v) is 11.2. The molecule has 0 aromatic rings. The SMILES string of the molecule is CC(C)OP1OC[C@H]2CN1[C@@H]1CCCCC21. The third kappa shape index (κ3) is 1.92. The summed E-state index contributed by atoms with van der Waals surface area (Å²) in [6, 6.07) is 0.770. The second-order valence-electron chi connectivity index (χ2n) is 5.59. The molecule has 1 aliphatic carbocycles. The molecule has 0 aromatic heterocycles. The van der Waals surface area contributed by atoms with Gasteiger partial charge in [0.15, 0.2) is 0 Å². The first-order chi connectivity index (χ1) is 7.75. The summed E-state index contributed by atoms with van der Waals surface area (Å²) < 4.78 is 14.4. The van der Waals surface area contributed by atoms with Crippen LogP contribution in [-0.2, 0) is 9.05 Å². The van der Waals surface area contributed by atoms with Gasteiger partial charge in [-0.15, -0.1) is 0 Å². The Hall–Kier alpha value is 0.310. The van der Waals surface area contributed by atoms with Crippen LogP contribution in [0.2, 0.25) is 0 Å². The van der Waals surface area contributed by atoms with Crippen molar-refractivity contribution in [2.45, 2.75) is 51.7 Å². The van der Waals surface area contributed by atoms with Gasteiger partial charge in [0, 0.05) is 18.5 Å². The Kier molecular flexibility index (Phi) is 3.23. The van der Waals surface area contributed by atoms with Crippen molar-refractivity contribution in [2.75, 3.05) is 13.2 Å². The largest absolute Gasteiger partial charge is 0.322 e. The molecule has 2 aliphatic heterocycles. The Labute approximate surface area is 99.5 Å². The average molecular weight is 243 g/mol. The van der Waals surface area contributed by atoms with E-state index in [9.17, 15) is 0 Å². The summed E-state index contributed by atoms with van der Waals surface area (Å²) in [5, 5.41) is 0. The summed E-state index contributed by atoms with van der Waals surface area (Å²) in [4.78, 5) is 0. The fraction of sp³-hybridized carbons (Fsp3) is 1.00. The Morgan fingerprint density at radius 2 is 2.12 bits per heavy atom. The predicted molar refractivity (Wildman–Crippen MR) is 65.0 cm³/mol. The molecular weight excluding hydrogens is 221 g/mol. The molecule has 3 rings (SSSR count). The smallest absolute Gasteiger partial charge is 0.259 e. The highest BCUT2D eigenvalue weighted by atomic mass is 31.2. The monoisotopic (exact) mass is 243 g/mol. The van der Waals surface area contributed by atoms with E-state index in [2.05, 4.69) is 18.5 Å². The fourth-order valence-corrected chi connectivity index (χ4v) is 5.32. The van der Waals surface area contributed by atoms with E-state index in [1.54, 1.807) is 0 Å². The van der Waals surface area contributed by atoms with Crippen LogP contribution in [0.5, 0.6) is 0 Å².